The standard InChI is InChI=1S/C43H64Cl2F3N7O9/c1-9-13-29-38(59)52(5)19-11-10-14-32(35(56)51-31(22-25(2)3)40(61)54(7)34(37(58)49-29)24-26-23-27(44)16-17-28(26)45)53(6)39(60)30(18-21-64-8)50-36(57)33-15-12-20-55(33)41(62)42(4,63)43(46,47)48/h16-17,23,25,29-34,63H,9-15,18-22,24H2,1-8H3,(H,49,58)(H,50,57)(H,51,56)/t29-,30+,31+,32+,33+,34+,42-/m1/s1. The summed E-state index contributed by atoms with van der Waals surface area (Å²) >= 11 is 12.8. The molecule has 3 rings (SSSR count). The van der Waals surface area contributed by atoms with Crippen LogP contribution in [0.15, 0.2) is 18.2 Å². The first-order valence-electron chi connectivity index (χ1n) is 21.6. The van der Waals surface area contributed by atoms with Crippen LogP contribution in [0, 0.1) is 5.92 Å². The molecule has 16 nitrogen and oxygen atoms in total. The van der Waals surface area contributed by atoms with Gasteiger partial charge >= 0.3 is 6.18 Å². The Morgan fingerprint density at radius 3 is 2.25 bits per heavy atom. The lowest BCUT2D eigenvalue weighted by Crippen LogP contribution is -2.61. The molecule has 2 aliphatic heterocycles. The van der Waals surface area contributed by atoms with Crippen LogP contribution < -0.4 is 16.0 Å². The Morgan fingerprint density at radius 1 is 0.984 bits per heavy atom. The van der Waals surface area contributed by atoms with E-state index in [9.17, 15) is 51.8 Å². The van der Waals surface area contributed by atoms with Crippen LogP contribution in [-0.4, -0.2) is 162 Å². The number of carbonyl (C=O) groups is 7. The second-order valence-electron chi connectivity index (χ2n) is 17.2. The van der Waals surface area contributed by atoms with E-state index in [0.29, 0.717) is 48.1 Å². The zero-order valence-corrected chi connectivity index (χ0v) is 39.4. The highest BCUT2D eigenvalue weighted by molar-refractivity contribution is 6.33. The molecule has 0 saturated carbocycles. The Morgan fingerprint density at radius 2 is 1.64 bits per heavy atom. The normalized spacial score (nSPS) is 23.7. The highest BCUT2D eigenvalue weighted by atomic mass is 35.5. The summed E-state index contributed by atoms with van der Waals surface area (Å²) in [6.45, 7) is 5.77. The molecular formula is C43H64Cl2F3N7O9. The van der Waals surface area contributed by atoms with Gasteiger partial charge < -0.3 is 45.4 Å². The molecule has 0 radical (unpaired) electrons. The predicted octanol–water partition coefficient (Wildman–Crippen LogP) is 3.47. The zero-order valence-electron chi connectivity index (χ0n) is 37.9. The number of alkyl halides is 3. The highest BCUT2D eigenvalue weighted by Gasteiger charge is 2.58. The van der Waals surface area contributed by atoms with Crippen LogP contribution in [0.2, 0.25) is 10.0 Å². The summed E-state index contributed by atoms with van der Waals surface area (Å²) in [6, 6.07) is -2.72. The number of rotatable bonds is 14. The molecule has 2 aliphatic rings. The number of ether oxygens (including phenoxy) is 1. The van der Waals surface area contributed by atoms with Crippen molar-refractivity contribution in [1.29, 1.82) is 0 Å². The summed E-state index contributed by atoms with van der Waals surface area (Å²) in [6.07, 6.45) is -3.74. The summed E-state index contributed by atoms with van der Waals surface area (Å²) in [5, 5.41) is 19.0. The quantitative estimate of drug-likeness (QED) is 0.216. The van der Waals surface area contributed by atoms with Crippen LogP contribution in [0.3, 0.4) is 0 Å². The Kier molecular flexibility index (Phi) is 20.2. The Bertz CT molecular complexity index is 1840. The monoisotopic (exact) mass is 949 g/mol. The molecule has 4 N–H and O–H groups in total. The second-order valence-corrected chi connectivity index (χ2v) is 18.1. The van der Waals surface area contributed by atoms with E-state index in [-0.39, 0.29) is 75.1 Å². The number of likely N-dealkylation sites (tertiary alicyclic amines) is 1. The fourth-order valence-corrected chi connectivity index (χ4v) is 8.28. The largest absolute Gasteiger partial charge is 0.426 e. The van der Waals surface area contributed by atoms with Gasteiger partial charge in [0, 0.05) is 64.4 Å². The van der Waals surface area contributed by atoms with Crippen LogP contribution in [0.25, 0.3) is 0 Å². The number of nitrogens with one attached hydrogen (secondary N) is 3. The molecule has 0 unspecified atom stereocenters. The number of nitrogens with zero attached hydrogens (tertiary/aromatic N) is 4. The highest BCUT2D eigenvalue weighted by Crippen LogP contribution is 2.34. The van der Waals surface area contributed by atoms with Crippen LogP contribution in [0.1, 0.15) is 91.0 Å². The first-order chi connectivity index (χ1) is 29.9. The average molecular weight is 951 g/mol. The van der Waals surface area contributed by atoms with Crippen molar-refractivity contribution in [2.24, 2.45) is 5.92 Å². The number of hydrogen-bond donors (Lipinski definition) is 4. The van der Waals surface area contributed by atoms with Crippen LogP contribution in [0.5, 0.6) is 0 Å². The first kappa shape index (κ1) is 54.1. The first-order valence-corrected chi connectivity index (χ1v) is 22.4. The molecule has 1 aromatic rings. The van der Waals surface area contributed by atoms with Crippen molar-refractivity contribution < 1.29 is 56.6 Å². The smallest absolute Gasteiger partial charge is 0.385 e. The minimum absolute atomic E-state index is 0.0396. The van der Waals surface area contributed by atoms with Crippen molar-refractivity contribution >= 4 is 64.6 Å². The van der Waals surface area contributed by atoms with Crippen molar-refractivity contribution in [2.45, 2.75) is 140 Å². The van der Waals surface area contributed by atoms with E-state index in [1.807, 2.05) is 20.8 Å². The summed E-state index contributed by atoms with van der Waals surface area (Å²) in [5.41, 5.74) is -3.31. The van der Waals surface area contributed by atoms with Crippen molar-refractivity contribution in [3.8, 4) is 0 Å². The molecule has 0 aromatic heterocycles. The van der Waals surface area contributed by atoms with E-state index in [1.165, 1.54) is 31.0 Å². The number of methoxy groups -OCH3 is 1. The van der Waals surface area contributed by atoms with Gasteiger partial charge in [0.25, 0.3) is 5.91 Å². The van der Waals surface area contributed by atoms with Crippen molar-refractivity contribution in [1.82, 2.24) is 35.6 Å². The van der Waals surface area contributed by atoms with Crippen molar-refractivity contribution in [2.75, 3.05) is 47.9 Å². The zero-order chi connectivity index (χ0) is 48.3. The van der Waals surface area contributed by atoms with E-state index in [0.717, 1.165) is 4.90 Å². The number of aliphatic hydroxyl groups is 1. The molecular weight excluding hydrogens is 886 g/mol. The van der Waals surface area contributed by atoms with E-state index in [1.54, 1.807) is 25.2 Å². The van der Waals surface area contributed by atoms with Gasteiger partial charge in [0.2, 0.25) is 41.0 Å². The van der Waals surface area contributed by atoms with Gasteiger partial charge in [-0.2, -0.15) is 13.2 Å². The van der Waals surface area contributed by atoms with E-state index in [2.05, 4.69) is 16.0 Å². The van der Waals surface area contributed by atoms with Gasteiger partial charge in [0.15, 0.2) is 0 Å². The molecule has 2 saturated heterocycles. The summed E-state index contributed by atoms with van der Waals surface area (Å²) in [4.78, 5) is 103. The van der Waals surface area contributed by atoms with Gasteiger partial charge in [-0.05, 0) is 88.0 Å². The predicted molar refractivity (Wildman–Crippen MR) is 233 cm³/mol. The molecule has 360 valence electrons. The number of likely N-dealkylation sites (N-methyl/N-ethyl adjacent to an activating group) is 3. The second kappa shape index (κ2) is 23.8. The molecule has 21 heteroatoms. The third-order valence-corrected chi connectivity index (χ3v) is 12.4. The van der Waals surface area contributed by atoms with E-state index in [4.69, 9.17) is 27.9 Å². The van der Waals surface area contributed by atoms with Gasteiger partial charge in [-0.3, -0.25) is 33.6 Å². The number of amides is 7. The Hall–Kier alpha value is -4.20. The summed E-state index contributed by atoms with van der Waals surface area (Å²) in [5.74, 6) is -5.92. The van der Waals surface area contributed by atoms with Gasteiger partial charge in [0.05, 0.1) is 0 Å². The van der Waals surface area contributed by atoms with E-state index >= 15 is 0 Å². The van der Waals surface area contributed by atoms with Crippen molar-refractivity contribution in [3.05, 3.63) is 33.8 Å². The lowest BCUT2D eigenvalue weighted by Gasteiger charge is -2.36. The fraction of sp³-hybridized carbons (Fsp3) is 0.698. The minimum atomic E-state index is -5.32. The van der Waals surface area contributed by atoms with Gasteiger partial charge in [-0.1, -0.05) is 50.4 Å². The molecule has 0 bridgehead atoms. The van der Waals surface area contributed by atoms with Gasteiger partial charge in [-0.25, -0.2) is 0 Å². The maximum atomic E-state index is 14.6. The molecule has 2 heterocycles. The average Bonchev–Trinajstić information content (AvgIpc) is 3.72. The van der Waals surface area contributed by atoms with Gasteiger partial charge in [0.1, 0.15) is 36.3 Å². The number of halogens is 5. The third-order valence-electron chi connectivity index (χ3n) is 11.8. The van der Waals surface area contributed by atoms with Crippen LogP contribution in [0.4, 0.5) is 13.2 Å². The summed E-state index contributed by atoms with van der Waals surface area (Å²) in [7, 11) is 5.69. The van der Waals surface area contributed by atoms with Crippen LogP contribution >= 0.6 is 23.2 Å². The number of benzene rings is 1. The lowest BCUT2D eigenvalue weighted by atomic mass is 9.98. The Balaban J connectivity index is 2.04. The Labute approximate surface area is 383 Å². The SMILES string of the molecule is CCC[C@H]1NC(=O)[C@H](Cc2cc(Cl)ccc2Cl)N(C)C(=O)[C@H](CC(C)C)NC(=O)[C@@H](N(C)C(=O)[C@H](CCOC)NC(=O)[C@@H]2CCCN2C(=O)[C@@](C)(O)C(F)(F)F)CCCCN(C)C1=O. The molecule has 7 atom stereocenters. The molecule has 64 heavy (non-hydrogen) atoms. The lowest BCUT2D eigenvalue weighted by molar-refractivity contribution is -0.250. The molecule has 7 amide bonds. The maximum Gasteiger partial charge on any atom is 0.426 e. The maximum absolute atomic E-state index is 14.6. The molecule has 0 aliphatic carbocycles. The molecule has 1 aromatic carbocycles. The number of hydrogen-bond acceptors (Lipinski definition) is 9. The third kappa shape index (κ3) is 13.9. The summed E-state index contributed by atoms with van der Waals surface area (Å²) < 4.78 is 46.1. The fourth-order valence-electron chi connectivity index (χ4n) is 7.89. The molecule has 2 fully saturated rings. The molecule has 0 spiro atoms. The minimum Gasteiger partial charge on any atom is -0.385 e. The topological polar surface area (TPSA) is 198 Å². The van der Waals surface area contributed by atoms with Crippen molar-refractivity contribution in [3.63, 3.8) is 0 Å². The van der Waals surface area contributed by atoms with E-state index < -0.39 is 83.5 Å². The number of carbonyl (C=O) groups excluding carboxylic acids is 7. The van der Waals surface area contributed by atoms with Crippen LogP contribution in [-0.2, 0) is 44.7 Å². The van der Waals surface area contributed by atoms with Gasteiger partial charge in [-0.15, -0.1) is 0 Å².